The normalized spacial score (nSPS) is 9.31. The van der Waals surface area contributed by atoms with E-state index in [9.17, 15) is 9.59 Å². The summed E-state index contributed by atoms with van der Waals surface area (Å²) in [6.45, 7) is 0.434. The fourth-order valence-corrected chi connectivity index (χ4v) is 1.14. The number of benzene rings is 1. The van der Waals surface area contributed by atoms with Gasteiger partial charge >= 0.3 is 0 Å². The van der Waals surface area contributed by atoms with Gasteiger partial charge in [-0.15, -0.1) is 0 Å². The lowest BCUT2D eigenvalue weighted by Crippen LogP contribution is -2.32. The van der Waals surface area contributed by atoms with Gasteiger partial charge in [0.05, 0.1) is 13.7 Å². The van der Waals surface area contributed by atoms with Crippen molar-refractivity contribution in [1.82, 2.24) is 10.6 Å². The Hall–Kier alpha value is -2.04. The van der Waals surface area contributed by atoms with E-state index < -0.39 is 0 Å². The van der Waals surface area contributed by atoms with Crippen LogP contribution in [0.2, 0.25) is 0 Å². The number of ether oxygens (including phenoxy) is 1. The van der Waals surface area contributed by atoms with Crippen LogP contribution in [-0.2, 0) is 16.1 Å². The Balaban J connectivity index is 2.36. The van der Waals surface area contributed by atoms with Crippen molar-refractivity contribution in [2.75, 3.05) is 13.7 Å². The summed E-state index contributed by atoms with van der Waals surface area (Å²) < 4.78 is 5.01. The lowest BCUT2D eigenvalue weighted by molar-refractivity contribution is -0.122. The van der Waals surface area contributed by atoms with Crippen LogP contribution in [0.3, 0.4) is 0 Å². The molecule has 0 fully saturated rings. The summed E-state index contributed by atoms with van der Waals surface area (Å²) in [5, 5.41) is 4.96. The number of nitrogens with one attached hydrogen (secondary N) is 2. The topological polar surface area (TPSA) is 67.4 Å². The van der Waals surface area contributed by atoms with Crippen LogP contribution in [0.4, 0.5) is 0 Å². The van der Waals surface area contributed by atoms with Gasteiger partial charge in [0.2, 0.25) is 12.3 Å². The maximum Gasteiger partial charge on any atom is 0.239 e. The highest BCUT2D eigenvalue weighted by Crippen LogP contribution is 2.10. The number of rotatable bonds is 6. The highest BCUT2D eigenvalue weighted by atomic mass is 16.5. The highest BCUT2D eigenvalue weighted by Gasteiger charge is 1.99. The van der Waals surface area contributed by atoms with Gasteiger partial charge in [0, 0.05) is 6.54 Å². The van der Waals surface area contributed by atoms with Crippen molar-refractivity contribution >= 4 is 12.3 Å². The number of amides is 2. The van der Waals surface area contributed by atoms with E-state index in [1.165, 1.54) is 0 Å². The van der Waals surface area contributed by atoms with Gasteiger partial charge in [-0.25, -0.2) is 0 Å². The first-order valence-electron chi connectivity index (χ1n) is 4.83. The van der Waals surface area contributed by atoms with Crippen molar-refractivity contribution in [2.24, 2.45) is 0 Å². The highest BCUT2D eigenvalue weighted by molar-refractivity contribution is 5.79. The van der Waals surface area contributed by atoms with Crippen molar-refractivity contribution in [1.29, 1.82) is 0 Å². The summed E-state index contributed by atoms with van der Waals surface area (Å²) in [6.07, 6.45) is 0.493. The average Bonchev–Trinajstić information content (AvgIpc) is 2.34. The van der Waals surface area contributed by atoms with Crippen LogP contribution < -0.4 is 15.4 Å². The monoisotopic (exact) mass is 222 g/mol. The maximum absolute atomic E-state index is 11.1. The molecule has 0 radical (unpaired) electrons. The Morgan fingerprint density at radius 1 is 1.38 bits per heavy atom. The molecule has 0 saturated heterocycles. The molecule has 0 spiro atoms. The van der Waals surface area contributed by atoms with Crippen LogP contribution in [0.15, 0.2) is 24.3 Å². The van der Waals surface area contributed by atoms with Gasteiger partial charge < -0.3 is 15.4 Å². The zero-order valence-electron chi connectivity index (χ0n) is 9.03. The molecule has 5 heteroatoms. The lowest BCUT2D eigenvalue weighted by atomic mass is 10.2. The minimum absolute atomic E-state index is 0.000343. The second kappa shape index (κ2) is 6.44. The molecule has 2 amide bonds. The molecule has 0 unspecified atom stereocenters. The summed E-state index contributed by atoms with van der Waals surface area (Å²) in [6, 6.07) is 7.38. The number of methoxy groups -OCH3 is 1. The summed E-state index contributed by atoms with van der Waals surface area (Å²) in [7, 11) is 1.60. The lowest BCUT2D eigenvalue weighted by Gasteiger charge is -2.05. The van der Waals surface area contributed by atoms with Gasteiger partial charge in [-0.2, -0.15) is 0 Å². The predicted octanol–water partition coefficient (Wildman–Crippen LogP) is 0.0574. The minimum atomic E-state index is -0.220. The quantitative estimate of drug-likeness (QED) is 0.669. The smallest absolute Gasteiger partial charge is 0.239 e. The van der Waals surface area contributed by atoms with Gasteiger partial charge in [0.15, 0.2) is 0 Å². The SMILES string of the molecule is COc1ccc(CNC(=O)CNC=O)cc1. The molecule has 0 saturated carbocycles. The molecule has 16 heavy (non-hydrogen) atoms. The maximum atomic E-state index is 11.1. The summed E-state index contributed by atoms with van der Waals surface area (Å²) >= 11 is 0. The molecule has 0 aliphatic heterocycles. The first kappa shape index (κ1) is 12.0. The van der Waals surface area contributed by atoms with E-state index in [-0.39, 0.29) is 12.5 Å². The number of carbonyl (C=O) groups is 2. The molecule has 1 rings (SSSR count). The van der Waals surface area contributed by atoms with Crippen LogP contribution in [-0.4, -0.2) is 26.0 Å². The Bertz CT molecular complexity index is 349. The second-order valence-corrected chi connectivity index (χ2v) is 3.12. The first-order chi connectivity index (χ1) is 7.76. The molecule has 0 aromatic heterocycles. The van der Waals surface area contributed by atoms with E-state index in [2.05, 4.69) is 10.6 Å². The van der Waals surface area contributed by atoms with Crippen molar-refractivity contribution in [3.05, 3.63) is 29.8 Å². The largest absolute Gasteiger partial charge is 0.497 e. The standard InChI is InChI=1S/C11H14N2O3/c1-16-10-4-2-9(3-5-10)6-13-11(15)7-12-8-14/h2-5,8H,6-7H2,1H3,(H,12,14)(H,13,15). The Kier molecular flexibility index (Phi) is 4.85. The van der Waals surface area contributed by atoms with Crippen molar-refractivity contribution < 1.29 is 14.3 Å². The number of carbonyl (C=O) groups excluding carboxylic acids is 2. The second-order valence-electron chi connectivity index (χ2n) is 3.12. The van der Waals surface area contributed by atoms with Crippen molar-refractivity contribution in [3.63, 3.8) is 0 Å². The molecule has 2 N–H and O–H groups in total. The molecule has 0 aliphatic rings. The van der Waals surface area contributed by atoms with Gasteiger partial charge in [0.1, 0.15) is 5.75 Å². The first-order valence-corrected chi connectivity index (χ1v) is 4.83. The molecule has 0 bridgehead atoms. The van der Waals surface area contributed by atoms with E-state index in [4.69, 9.17) is 4.74 Å². The van der Waals surface area contributed by atoms with Crippen molar-refractivity contribution in [3.8, 4) is 5.75 Å². The zero-order valence-corrected chi connectivity index (χ0v) is 9.03. The van der Waals surface area contributed by atoms with E-state index in [1.807, 2.05) is 24.3 Å². The molecular formula is C11H14N2O3. The summed E-state index contributed by atoms with van der Waals surface area (Å²) in [5.41, 5.74) is 0.972. The van der Waals surface area contributed by atoms with E-state index in [1.54, 1.807) is 7.11 Å². The van der Waals surface area contributed by atoms with Crippen LogP contribution in [0.25, 0.3) is 0 Å². The van der Waals surface area contributed by atoms with Gasteiger partial charge in [-0.05, 0) is 17.7 Å². The van der Waals surface area contributed by atoms with Crippen LogP contribution in [0.1, 0.15) is 5.56 Å². The molecule has 86 valence electrons. The van der Waals surface area contributed by atoms with Gasteiger partial charge in [-0.1, -0.05) is 12.1 Å². The number of hydrogen-bond acceptors (Lipinski definition) is 3. The summed E-state index contributed by atoms with van der Waals surface area (Å²) in [5.74, 6) is 0.556. The third kappa shape index (κ3) is 4.00. The minimum Gasteiger partial charge on any atom is -0.497 e. The fourth-order valence-electron chi connectivity index (χ4n) is 1.14. The third-order valence-electron chi connectivity index (χ3n) is 1.99. The van der Waals surface area contributed by atoms with E-state index >= 15 is 0 Å². The number of hydrogen-bond donors (Lipinski definition) is 2. The Morgan fingerprint density at radius 3 is 2.62 bits per heavy atom. The predicted molar refractivity (Wildman–Crippen MR) is 58.9 cm³/mol. The van der Waals surface area contributed by atoms with Crippen LogP contribution in [0, 0.1) is 0 Å². The zero-order chi connectivity index (χ0) is 11.8. The molecule has 1 aromatic rings. The van der Waals surface area contributed by atoms with Gasteiger partial charge in [-0.3, -0.25) is 9.59 Å². The van der Waals surface area contributed by atoms with Gasteiger partial charge in [0.25, 0.3) is 0 Å². The fraction of sp³-hybridized carbons (Fsp3) is 0.273. The third-order valence-corrected chi connectivity index (χ3v) is 1.99. The molecule has 0 atom stereocenters. The molecular weight excluding hydrogens is 208 g/mol. The Morgan fingerprint density at radius 2 is 2.06 bits per heavy atom. The molecule has 1 aromatic carbocycles. The Labute approximate surface area is 93.8 Å². The van der Waals surface area contributed by atoms with E-state index in [0.717, 1.165) is 11.3 Å². The molecule has 0 heterocycles. The van der Waals surface area contributed by atoms with Crippen LogP contribution in [0.5, 0.6) is 5.75 Å². The molecule has 5 nitrogen and oxygen atoms in total. The van der Waals surface area contributed by atoms with E-state index in [0.29, 0.717) is 13.0 Å². The summed E-state index contributed by atoms with van der Waals surface area (Å²) in [4.78, 5) is 21.1. The molecule has 0 aliphatic carbocycles. The average molecular weight is 222 g/mol. The van der Waals surface area contributed by atoms with Crippen LogP contribution >= 0.6 is 0 Å². The van der Waals surface area contributed by atoms with Crippen molar-refractivity contribution in [2.45, 2.75) is 6.54 Å².